The molecule has 7 aromatic carbocycles. The van der Waals surface area contributed by atoms with Crippen LogP contribution in [0, 0.1) is 10.8 Å². The fourth-order valence-electron chi connectivity index (χ4n) is 11.0. The quantitative estimate of drug-likeness (QED) is 0.150. The van der Waals surface area contributed by atoms with Crippen molar-refractivity contribution in [3.63, 3.8) is 0 Å². The van der Waals surface area contributed by atoms with E-state index in [1.165, 1.54) is 44.5 Å². The van der Waals surface area contributed by atoms with E-state index in [0.717, 1.165) is 43.1 Å². The van der Waals surface area contributed by atoms with Crippen molar-refractivity contribution in [2.24, 2.45) is 10.8 Å². The molecule has 7 aromatic rings. The zero-order chi connectivity index (χ0) is 45.8. The first kappa shape index (κ1) is 44.3. The monoisotopic (exact) mass is 968 g/mol. The van der Waals surface area contributed by atoms with Crippen LogP contribution in [0.15, 0.2) is 167 Å². The van der Waals surface area contributed by atoms with Crippen LogP contribution in [0.1, 0.15) is 105 Å². The lowest BCUT2D eigenvalue weighted by Gasteiger charge is -2.44. The third-order valence-corrected chi connectivity index (χ3v) is 18.4. The Morgan fingerprint density at radius 2 is 0.578 bits per heavy atom. The molecule has 0 unspecified atom stereocenters. The van der Waals surface area contributed by atoms with Gasteiger partial charge in [-0.25, -0.2) is 0 Å². The normalized spacial score (nSPS) is 18.0. The lowest BCUT2D eigenvalue weighted by atomic mass is 9.59. The highest BCUT2D eigenvalue weighted by atomic mass is 79.9. The molecule has 0 amide bonds. The van der Waals surface area contributed by atoms with Crippen molar-refractivity contribution in [2.45, 2.75) is 105 Å². The summed E-state index contributed by atoms with van der Waals surface area (Å²) < 4.78 is 2.09. The van der Waals surface area contributed by atoms with Crippen LogP contribution in [0.3, 0.4) is 0 Å². The average Bonchev–Trinajstić information content (AvgIpc) is 3.45. The van der Waals surface area contributed by atoms with Gasteiger partial charge in [0.05, 0.1) is 0 Å². The number of rotatable bonds is 8. The third-order valence-electron chi connectivity index (χ3n) is 17.4. The Labute approximate surface area is 400 Å². The number of benzene rings is 7. The summed E-state index contributed by atoms with van der Waals surface area (Å²) in [5, 5.41) is 0. The molecule has 64 heavy (non-hydrogen) atoms. The largest absolute Gasteiger partial charge is 0.310 e. The third kappa shape index (κ3) is 6.76. The molecule has 0 N–H and O–H groups in total. The molecule has 9 rings (SSSR count). The predicted octanol–water partition coefficient (Wildman–Crippen LogP) is 18.7. The molecular formula is C60H62Br2N2. The second-order valence-electron chi connectivity index (χ2n) is 21.5. The summed E-state index contributed by atoms with van der Waals surface area (Å²) in [4.78, 5) is 4.77. The lowest BCUT2D eigenvalue weighted by molar-refractivity contribution is 0.125. The molecule has 4 heteroatoms. The first-order valence-corrected chi connectivity index (χ1v) is 24.4. The fraction of sp³-hybridized carbons (Fsp3) is 0.300. The van der Waals surface area contributed by atoms with Gasteiger partial charge in [-0.3, -0.25) is 0 Å². The molecule has 2 aliphatic carbocycles. The second kappa shape index (κ2) is 15.3. The Hall–Kier alpha value is -4.90. The maximum absolute atomic E-state index is 3.71. The van der Waals surface area contributed by atoms with E-state index in [1.54, 1.807) is 0 Å². The number of halogens is 2. The van der Waals surface area contributed by atoms with Crippen LogP contribution in [0.5, 0.6) is 0 Å². The second-order valence-corrected chi connectivity index (χ2v) is 23.3. The highest BCUT2D eigenvalue weighted by molar-refractivity contribution is 9.10. The van der Waals surface area contributed by atoms with E-state index < -0.39 is 0 Å². The molecule has 0 saturated carbocycles. The van der Waals surface area contributed by atoms with Crippen LogP contribution >= 0.6 is 31.9 Å². The first-order chi connectivity index (χ1) is 30.1. The number of nitrogens with zero attached hydrogens (tertiary/aromatic N) is 2. The van der Waals surface area contributed by atoms with Crippen LogP contribution < -0.4 is 9.80 Å². The maximum Gasteiger partial charge on any atom is 0.0482 e. The highest BCUT2D eigenvalue weighted by Gasteiger charge is 2.57. The predicted molar refractivity (Wildman–Crippen MR) is 282 cm³/mol. The summed E-state index contributed by atoms with van der Waals surface area (Å²) in [7, 11) is 0. The summed E-state index contributed by atoms with van der Waals surface area (Å²) in [6, 6.07) is 58.7. The van der Waals surface area contributed by atoms with E-state index in [9.17, 15) is 0 Å². The van der Waals surface area contributed by atoms with Crippen molar-refractivity contribution in [1.29, 1.82) is 0 Å². The van der Waals surface area contributed by atoms with Gasteiger partial charge in [-0.2, -0.15) is 0 Å². The van der Waals surface area contributed by atoms with Gasteiger partial charge >= 0.3 is 0 Å². The number of fused-ring (bicyclic) bond motifs is 2. The van der Waals surface area contributed by atoms with Gasteiger partial charge in [0.2, 0.25) is 0 Å². The molecule has 0 atom stereocenters. The minimum Gasteiger partial charge on any atom is -0.310 e. The molecular weight excluding hydrogens is 908 g/mol. The van der Waals surface area contributed by atoms with E-state index in [4.69, 9.17) is 0 Å². The molecule has 2 aliphatic rings. The summed E-state index contributed by atoms with van der Waals surface area (Å²) >= 11 is 7.42. The molecule has 0 bridgehead atoms. The summed E-state index contributed by atoms with van der Waals surface area (Å²) in [5.41, 5.74) is 17.6. The van der Waals surface area contributed by atoms with Gasteiger partial charge in [-0.15, -0.1) is 0 Å². The minimum atomic E-state index is 0.0238. The van der Waals surface area contributed by atoms with Gasteiger partial charge in [0.1, 0.15) is 0 Å². The van der Waals surface area contributed by atoms with Gasteiger partial charge in [-0.05, 0) is 168 Å². The molecule has 0 saturated heterocycles. The zero-order valence-corrected chi connectivity index (χ0v) is 42.8. The number of hydrogen-bond donors (Lipinski definition) is 0. The summed E-state index contributed by atoms with van der Waals surface area (Å²) in [5.74, 6) is 0. The Kier molecular flexibility index (Phi) is 10.6. The van der Waals surface area contributed by atoms with E-state index in [-0.39, 0.29) is 32.5 Å². The molecule has 326 valence electrons. The standard InChI is InChI=1S/C60H62Br2N2/c1-55(2)51-32-22-41(36-53(51)57(5,6)59(55,9)10)39-16-13-18-47(34-39)63(45-28-24-43(61)25-29-45)49-20-15-21-50(38-49)64(46-30-26-44(62)27-31-46)48-19-14-17-40(35-48)42-23-33-52-54(37-42)58(7,8)60(11,12)56(52,3)4/h13-38H,1-12H3. The number of hydrogen-bond acceptors (Lipinski definition) is 2. The van der Waals surface area contributed by atoms with Crippen molar-refractivity contribution in [3.8, 4) is 22.3 Å². The van der Waals surface area contributed by atoms with Crippen molar-refractivity contribution < 1.29 is 0 Å². The smallest absolute Gasteiger partial charge is 0.0482 e. The highest BCUT2D eigenvalue weighted by Crippen LogP contribution is 2.63. The Bertz CT molecular complexity index is 2720. The first-order valence-electron chi connectivity index (χ1n) is 22.8. The molecule has 0 fully saturated rings. The topological polar surface area (TPSA) is 6.48 Å². The zero-order valence-electron chi connectivity index (χ0n) is 39.7. The average molecular weight is 971 g/mol. The fourth-order valence-corrected chi connectivity index (χ4v) is 11.5. The number of anilines is 6. The van der Waals surface area contributed by atoms with Crippen LogP contribution in [-0.2, 0) is 21.7 Å². The van der Waals surface area contributed by atoms with Crippen molar-refractivity contribution >= 4 is 66.0 Å². The Balaban J connectivity index is 1.15. The van der Waals surface area contributed by atoms with Crippen molar-refractivity contribution in [3.05, 3.63) is 189 Å². The molecule has 0 heterocycles. The van der Waals surface area contributed by atoms with Crippen molar-refractivity contribution in [1.82, 2.24) is 0 Å². The van der Waals surface area contributed by atoms with Crippen molar-refractivity contribution in [2.75, 3.05) is 9.80 Å². The summed E-state index contributed by atoms with van der Waals surface area (Å²) in [6.45, 7) is 29.1. The SMILES string of the molecule is CC1(C)c2ccc(-c3cccc(N(c4ccc(Br)cc4)c4cccc(N(c5ccc(Br)cc5)c5cccc(-c6ccc7c(c6)C(C)(C)C(C)(C)C7(C)C)c5)c4)c3)cc2C(C)(C)C1(C)C. The van der Waals surface area contributed by atoms with E-state index in [1.807, 2.05) is 0 Å². The van der Waals surface area contributed by atoms with Gasteiger partial charge < -0.3 is 9.80 Å². The van der Waals surface area contributed by atoms with Gasteiger partial charge in [0, 0.05) is 43.1 Å². The molecule has 0 aliphatic heterocycles. The molecule has 0 aromatic heterocycles. The molecule has 2 nitrogen and oxygen atoms in total. The van der Waals surface area contributed by atoms with Crippen LogP contribution in [0.2, 0.25) is 0 Å². The lowest BCUT2D eigenvalue weighted by Crippen LogP contribution is -2.42. The summed E-state index contributed by atoms with van der Waals surface area (Å²) in [6.07, 6.45) is 0. The van der Waals surface area contributed by atoms with Gasteiger partial charge in [-0.1, -0.05) is 182 Å². The van der Waals surface area contributed by atoms with E-state index >= 15 is 0 Å². The van der Waals surface area contributed by atoms with E-state index in [2.05, 4.69) is 282 Å². The molecule has 0 radical (unpaired) electrons. The molecule has 0 spiro atoms. The van der Waals surface area contributed by atoms with Crippen LogP contribution in [0.4, 0.5) is 34.1 Å². The minimum absolute atomic E-state index is 0.0238. The van der Waals surface area contributed by atoms with Gasteiger partial charge in [0.25, 0.3) is 0 Å². The van der Waals surface area contributed by atoms with Crippen LogP contribution in [0.25, 0.3) is 22.3 Å². The Morgan fingerprint density at radius 3 is 0.938 bits per heavy atom. The van der Waals surface area contributed by atoms with E-state index in [0.29, 0.717) is 0 Å². The maximum atomic E-state index is 3.71. The van der Waals surface area contributed by atoms with Gasteiger partial charge in [0.15, 0.2) is 0 Å². The Morgan fingerprint density at radius 1 is 0.281 bits per heavy atom. The van der Waals surface area contributed by atoms with Crippen LogP contribution in [-0.4, -0.2) is 0 Å².